The van der Waals surface area contributed by atoms with Gasteiger partial charge in [-0.25, -0.2) is 8.42 Å². The zero-order valence-corrected chi connectivity index (χ0v) is 11.9. The highest BCUT2D eigenvalue weighted by Gasteiger charge is 2.13. The van der Waals surface area contributed by atoms with Gasteiger partial charge in [-0.2, -0.15) is 0 Å². The van der Waals surface area contributed by atoms with E-state index < -0.39 is 9.84 Å². The van der Waals surface area contributed by atoms with Crippen LogP contribution in [0.3, 0.4) is 0 Å². The van der Waals surface area contributed by atoms with E-state index >= 15 is 0 Å². The second-order valence-electron chi connectivity index (χ2n) is 4.19. The molecule has 0 bridgehead atoms. The average Bonchev–Trinajstić information content (AvgIpc) is 2.44. The number of benzene rings is 1. The second kappa shape index (κ2) is 6.68. The van der Waals surface area contributed by atoms with Gasteiger partial charge in [-0.1, -0.05) is 19.1 Å². The Bertz CT molecular complexity index is 522. The number of ether oxygens (including phenoxy) is 1. The molecule has 5 nitrogen and oxygen atoms in total. The number of carbonyl (C=O) groups is 1. The molecule has 6 heteroatoms. The van der Waals surface area contributed by atoms with Gasteiger partial charge in [0.15, 0.2) is 9.84 Å². The molecule has 0 aliphatic rings. The summed E-state index contributed by atoms with van der Waals surface area (Å²) >= 11 is 0. The molecule has 0 heterocycles. The lowest BCUT2D eigenvalue weighted by molar-refractivity contribution is -0.140. The van der Waals surface area contributed by atoms with Gasteiger partial charge in [0, 0.05) is 12.5 Å². The van der Waals surface area contributed by atoms with Crippen LogP contribution in [0.4, 0.5) is 0 Å². The van der Waals surface area contributed by atoms with Crippen molar-refractivity contribution in [2.45, 2.75) is 30.7 Å². The molecule has 0 aromatic heterocycles. The van der Waals surface area contributed by atoms with Gasteiger partial charge < -0.3 is 10.5 Å². The average molecular weight is 285 g/mol. The number of sulfone groups is 1. The Morgan fingerprint density at radius 2 is 1.89 bits per heavy atom. The third kappa shape index (κ3) is 4.33. The quantitative estimate of drug-likeness (QED) is 0.799. The van der Waals surface area contributed by atoms with Crippen molar-refractivity contribution < 1.29 is 17.9 Å². The Labute approximate surface area is 113 Å². The van der Waals surface area contributed by atoms with Gasteiger partial charge >= 0.3 is 5.97 Å². The van der Waals surface area contributed by atoms with Crippen LogP contribution in [-0.4, -0.2) is 27.2 Å². The number of carbonyl (C=O) groups excluding carboxylic acids is 1. The predicted octanol–water partition coefficient (Wildman–Crippen LogP) is 1.43. The normalized spacial score (nSPS) is 13.0. The monoisotopic (exact) mass is 285 g/mol. The van der Waals surface area contributed by atoms with E-state index in [1.807, 2.05) is 0 Å². The van der Waals surface area contributed by atoms with Crippen molar-refractivity contribution >= 4 is 15.8 Å². The molecule has 1 aromatic carbocycles. The minimum Gasteiger partial charge on any atom is -0.469 e. The Hall–Kier alpha value is -1.40. The second-order valence-corrected chi connectivity index (χ2v) is 6.47. The van der Waals surface area contributed by atoms with Crippen molar-refractivity contribution in [3.63, 3.8) is 0 Å². The van der Waals surface area contributed by atoms with E-state index in [9.17, 15) is 13.2 Å². The zero-order chi connectivity index (χ0) is 14.5. The lowest BCUT2D eigenvalue weighted by Crippen LogP contribution is -2.13. The summed E-state index contributed by atoms with van der Waals surface area (Å²) in [5.74, 6) is -0.235. The molecule has 0 fully saturated rings. The summed E-state index contributed by atoms with van der Waals surface area (Å²) in [5.41, 5.74) is 6.74. The topological polar surface area (TPSA) is 86.5 Å². The van der Waals surface area contributed by atoms with Crippen molar-refractivity contribution in [3.8, 4) is 0 Å². The van der Waals surface area contributed by atoms with Crippen molar-refractivity contribution in [1.29, 1.82) is 0 Å². The van der Waals surface area contributed by atoms with Crippen molar-refractivity contribution in [2.24, 2.45) is 5.73 Å². The van der Waals surface area contributed by atoms with Gasteiger partial charge in [0.05, 0.1) is 17.8 Å². The van der Waals surface area contributed by atoms with Gasteiger partial charge in [-0.15, -0.1) is 0 Å². The standard InChI is InChI=1S/C13H19NO4S/c1-3-19(16,17)11-6-4-10(5-7-11)12(14)8-9-13(15)18-2/h4-7,12H,3,8-9,14H2,1-2H3/t12-/m0/s1. The van der Waals surface area contributed by atoms with Crippen LogP contribution in [0.1, 0.15) is 31.4 Å². The minimum atomic E-state index is -3.19. The highest BCUT2D eigenvalue weighted by Crippen LogP contribution is 2.19. The predicted molar refractivity (Wildman–Crippen MR) is 72.3 cm³/mol. The summed E-state index contributed by atoms with van der Waals surface area (Å²) in [6.07, 6.45) is 0.708. The molecule has 2 N–H and O–H groups in total. The lowest BCUT2D eigenvalue weighted by atomic mass is 10.0. The Morgan fingerprint density at radius 1 is 1.32 bits per heavy atom. The Kier molecular flexibility index (Phi) is 5.50. The Balaban J connectivity index is 2.74. The first-order valence-corrected chi connectivity index (χ1v) is 7.71. The van der Waals surface area contributed by atoms with Gasteiger partial charge in [-0.05, 0) is 24.1 Å². The molecule has 19 heavy (non-hydrogen) atoms. The molecule has 0 unspecified atom stereocenters. The third-order valence-electron chi connectivity index (χ3n) is 2.93. The number of rotatable bonds is 6. The molecule has 0 spiro atoms. The van der Waals surface area contributed by atoms with E-state index in [0.717, 1.165) is 5.56 Å². The first-order chi connectivity index (χ1) is 8.90. The van der Waals surface area contributed by atoms with Crippen LogP contribution in [0.15, 0.2) is 29.2 Å². The summed E-state index contributed by atoms with van der Waals surface area (Å²) in [7, 11) is -1.85. The summed E-state index contributed by atoms with van der Waals surface area (Å²) < 4.78 is 27.8. The first kappa shape index (κ1) is 15.7. The van der Waals surface area contributed by atoms with Crippen LogP contribution in [0, 0.1) is 0 Å². The molecule has 106 valence electrons. The molecular weight excluding hydrogens is 266 g/mol. The van der Waals surface area contributed by atoms with Crippen molar-refractivity contribution in [2.75, 3.05) is 12.9 Å². The molecule has 0 amide bonds. The lowest BCUT2D eigenvalue weighted by Gasteiger charge is -2.12. The molecule has 1 rings (SSSR count). The summed E-state index contributed by atoms with van der Waals surface area (Å²) in [5, 5.41) is 0. The van der Waals surface area contributed by atoms with Gasteiger partial charge in [0.1, 0.15) is 0 Å². The van der Waals surface area contributed by atoms with Gasteiger partial charge in [0.25, 0.3) is 0 Å². The fourth-order valence-corrected chi connectivity index (χ4v) is 2.52. The largest absolute Gasteiger partial charge is 0.469 e. The maximum Gasteiger partial charge on any atom is 0.305 e. The van der Waals surface area contributed by atoms with Crippen LogP contribution < -0.4 is 5.73 Å². The number of hydrogen-bond acceptors (Lipinski definition) is 5. The number of nitrogens with two attached hydrogens (primary N) is 1. The fourth-order valence-electron chi connectivity index (χ4n) is 1.63. The maximum atomic E-state index is 11.6. The van der Waals surface area contributed by atoms with E-state index in [0.29, 0.717) is 11.3 Å². The van der Waals surface area contributed by atoms with Crippen molar-refractivity contribution in [3.05, 3.63) is 29.8 Å². The summed E-state index contributed by atoms with van der Waals surface area (Å²) in [4.78, 5) is 11.3. The molecular formula is C13H19NO4S. The number of hydrogen-bond donors (Lipinski definition) is 1. The Morgan fingerprint density at radius 3 is 2.37 bits per heavy atom. The fraction of sp³-hybridized carbons (Fsp3) is 0.462. The number of esters is 1. The SMILES string of the molecule is CCS(=O)(=O)c1ccc([C@@H](N)CCC(=O)OC)cc1. The van der Waals surface area contributed by atoms with E-state index in [1.165, 1.54) is 7.11 Å². The molecule has 1 aromatic rings. The molecule has 1 atom stereocenters. The van der Waals surface area contributed by atoms with E-state index in [2.05, 4.69) is 4.74 Å². The smallest absolute Gasteiger partial charge is 0.305 e. The van der Waals surface area contributed by atoms with Crippen LogP contribution >= 0.6 is 0 Å². The number of methoxy groups -OCH3 is 1. The summed E-state index contributed by atoms with van der Waals surface area (Å²) in [6.45, 7) is 1.60. The van der Waals surface area contributed by atoms with Crippen LogP contribution in [0.2, 0.25) is 0 Å². The van der Waals surface area contributed by atoms with Gasteiger partial charge in [-0.3, -0.25) is 4.79 Å². The molecule has 0 saturated heterocycles. The van der Waals surface area contributed by atoms with Crippen LogP contribution in [0.5, 0.6) is 0 Å². The van der Waals surface area contributed by atoms with E-state index in [4.69, 9.17) is 5.73 Å². The zero-order valence-electron chi connectivity index (χ0n) is 11.1. The minimum absolute atomic E-state index is 0.0702. The molecule has 0 aliphatic heterocycles. The van der Waals surface area contributed by atoms with Gasteiger partial charge in [0.2, 0.25) is 0 Å². The summed E-state index contributed by atoms with van der Waals surface area (Å²) in [6, 6.07) is 6.16. The molecule has 0 radical (unpaired) electrons. The highest BCUT2D eigenvalue weighted by atomic mass is 32.2. The van der Waals surface area contributed by atoms with Crippen molar-refractivity contribution in [1.82, 2.24) is 0 Å². The van der Waals surface area contributed by atoms with E-state index in [-0.39, 0.29) is 24.2 Å². The first-order valence-electron chi connectivity index (χ1n) is 6.05. The molecule has 0 saturated carbocycles. The van der Waals surface area contributed by atoms with Crippen LogP contribution in [-0.2, 0) is 19.4 Å². The van der Waals surface area contributed by atoms with E-state index in [1.54, 1.807) is 31.2 Å². The third-order valence-corrected chi connectivity index (χ3v) is 4.69. The maximum absolute atomic E-state index is 11.6. The highest BCUT2D eigenvalue weighted by molar-refractivity contribution is 7.91. The molecule has 0 aliphatic carbocycles. The van der Waals surface area contributed by atoms with Crippen LogP contribution in [0.25, 0.3) is 0 Å².